The van der Waals surface area contributed by atoms with Gasteiger partial charge >= 0.3 is 0 Å². The number of nitrogens with two attached hydrogens (primary N) is 1. The van der Waals surface area contributed by atoms with Gasteiger partial charge in [-0.3, -0.25) is 4.79 Å². The molecule has 2 rings (SSSR count). The zero-order chi connectivity index (χ0) is 13.1. The number of nitrogen functional groups attached to an aromatic ring is 1. The molecule has 0 saturated heterocycles. The minimum Gasteiger partial charge on any atom is -0.397 e. The van der Waals surface area contributed by atoms with Crippen molar-refractivity contribution in [2.24, 2.45) is 0 Å². The molecule has 0 bridgehead atoms. The van der Waals surface area contributed by atoms with E-state index in [2.05, 4.69) is 20.3 Å². The maximum absolute atomic E-state index is 11.5. The van der Waals surface area contributed by atoms with Crippen molar-refractivity contribution in [3.8, 4) is 0 Å². The predicted molar refractivity (Wildman–Crippen MR) is 68.2 cm³/mol. The van der Waals surface area contributed by atoms with Crippen LogP contribution in [0.3, 0.4) is 0 Å². The molecule has 1 aromatic carbocycles. The van der Waals surface area contributed by atoms with Gasteiger partial charge in [-0.15, -0.1) is 0 Å². The van der Waals surface area contributed by atoms with Gasteiger partial charge in [0.1, 0.15) is 0 Å². The van der Waals surface area contributed by atoms with Crippen LogP contribution >= 0.6 is 0 Å². The number of aromatic nitrogens is 2. The maximum atomic E-state index is 11.5. The Balaban J connectivity index is 2.28. The van der Waals surface area contributed by atoms with Gasteiger partial charge in [0.2, 0.25) is 5.91 Å². The first-order valence-corrected chi connectivity index (χ1v) is 5.62. The van der Waals surface area contributed by atoms with Crippen LogP contribution in [0.15, 0.2) is 16.8 Å². The molecule has 1 amide bonds. The van der Waals surface area contributed by atoms with Gasteiger partial charge in [-0.05, 0) is 29.4 Å². The number of anilines is 2. The Morgan fingerprint density at radius 2 is 2.17 bits per heavy atom. The summed E-state index contributed by atoms with van der Waals surface area (Å²) in [6.45, 7) is 2.72. The van der Waals surface area contributed by atoms with Crippen molar-refractivity contribution in [2.75, 3.05) is 30.8 Å². The largest absolute Gasteiger partial charge is 0.397 e. The molecule has 2 aromatic rings. The molecule has 0 aliphatic heterocycles. The van der Waals surface area contributed by atoms with Crippen LogP contribution in [-0.2, 0) is 4.79 Å². The Morgan fingerprint density at radius 3 is 2.89 bits per heavy atom. The summed E-state index contributed by atoms with van der Waals surface area (Å²) in [5.41, 5.74) is 8.08. The van der Waals surface area contributed by atoms with E-state index in [4.69, 9.17) is 5.73 Å². The molecule has 18 heavy (non-hydrogen) atoms. The van der Waals surface area contributed by atoms with Crippen molar-refractivity contribution in [3.63, 3.8) is 0 Å². The summed E-state index contributed by atoms with van der Waals surface area (Å²) in [5, 5.41) is 10.3. The summed E-state index contributed by atoms with van der Waals surface area (Å²) in [6.07, 6.45) is 0. The molecule has 1 heterocycles. The van der Waals surface area contributed by atoms with Crippen molar-refractivity contribution < 1.29 is 9.42 Å². The number of likely N-dealkylation sites (N-methyl/N-ethyl adjacent to an activating group) is 2. The normalized spacial score (nSPS) is 10.6. The highest BCUT2D eigenvalue weighted by molar-refractivity contribution is 5.96. The highest BCUT2D eigenvalue weighted by Crippen LogP contribution is 2.27. The number of amides is 1. The Hall–Kier alpha value is -2.31. The van der Waals surface area contributed by atoms with Gasteiger partial charge in [-0.1, -0.05) is 0 Å². The molecule has 0 atom stereocenters. The Bertz CT molecular complexity index is 566. The second kappa shape index (κ2) is 4.91. The minimum atomic E-state index is -0.0542. The standard InChI is InChI=1S/C11H15N5O2/c1-3-13-9(17)6-16(2)8-5-4-7(12)10-11(8)15-18-14-10/h4-5H,3,6,12H2,1-2H3,(H,13,17). The molecule has 7 heteroatoms. The van der Waals surface area contributed by atoms with E-state index < -0.39 is 0 Å². The van der Waals surface area contributed by atoms with Crippen molar-refractivity contribution in [1.29, 1.82) is 0 Å². The van der Waals surface area contributed by atoms with E-state index in [9.17, 15) is 4.79 Å². The highest BCUT2D eigenvalue weighted by Gasteiger charge is 2.14. The van der Waals surface area contributed by atoms with Crippen molar-refractivity contribution >= 4 is 28.3 Å². The first-order chi connectivity index (χ1) is 8.63. The summed E-state index contributed by atoms with van der Waals surface area (Å²) < 4.78 is 4.68. The summed E-state index contributed by atoms with van der Waals surface area (Å²) in [7, 11) is 1.80. The lowest BCUT2D eigenvalue weighted by molar-refractivity contribution is -0.119. The lowest BCUT2D eigenvalue weighted by Crippen LogP contribution is -2.35. The summed E-state index contributed by atoms with van der Waals surface area (Å²) in [6, 6.07) is 3.51. The molecule has 0 fully saturated rings. The number of benzene rings is 1. The van der Waals surface area contributed by atoms with Crippen LogP contribution in [0.2, 0.25) is 0 Å². The Labute approximate surface area is 104 Å². The number of nitrogens with one attached hydrogen (secondary N) is 1. The van der Waals surface area contributed by atoms with Crippen LogP contribution < -0.4 is 16.0 Å². The minimum absolute atomic E-state index is 0.0542. The third kappa shape index (κ3) is 2.20. The fourth-order valence-corrected chi connectivity index (χ4v) is 1.73. The third-order valence-corrected chi connectivity index (χ3v) is 2.59. The quantitative estimate of drug-likeness (QED) is 0.760. The molecule has 1 aromatic heterocycles. The number of fused-ring (bicyclic) bond motifs is 1. The van der Waals surface area contributed by atoms with Crippen LogP contribution in [0.5, 0.6) is 0 Å². The number of rotatable bonds is 4. The van der Waals surface area contributed by atoms with E-state index in [1.165, 1.54) is 0 Å². The number of carbonyl (C=O) groups excluding carboxylic acids is 1. The molecule has 7 nitrogen and oxygen atoms in total. The molecule has 0 aliphatic carbocycles. The van der Waals surface area contributed by atoms with Crippen LogP contribution in [0.1, 0.15) is 6.92 Å². The third-order valence-electron chi connectivity index (χ3n) is 2.59. The summed E-state index contributed by atoms with van der Waals surface area (Å²) >= 11 is 0. The van der Waals surface area contributed by atoms with E-state index in [-0.39, 0.29) is 12.5 Å². The smallest absolute Gasteiger partial charge is 0.239 e. The zero-order valence-electron chi connectivity index (χ0n) is 10.3. The van der Waals surface area contributed by atoms with E-state index in [0.29, 0.717) is 23.3 Å². The molecular formula is C11H15N5O2. The Morgan fingerprint density at radius 1 is 1.44 bits per heavy atom. The van der Waals surface area contributed by atoms with Gasteiger partial charge in [-0.2, -0.15) is 0 Å². The number of hydrogen-bond acceptors (Lipinski definition) is 6. The van der Waals surface area contributed by atoms with Crippen molar-refractivity contribution in [1.82, 2.24) is 15.6 Å². The van der Waals surface area contributed by atoms with E-state index in [1.807, 2.05) is 6.92 Å². The van der Waals surface area contributed by atoms with Gasteiger partial charge < -0.3 is 16.0 Å². The van der Waals surface area contributed by atoms with Crippen molar-refractivity contribution in [2.45, 2.75) is 6.92 Å². The first kappa shape index (κ1) is 12.2. The predicted octanol–water partition coefficient (Wildman–Crippen LogP) is 0.377. The topological polar surface area (TPSA) is 97.3 Å². The molecule has 96 valence electrons. The molecule has 3 N–H and O–H groups in total. The van der Waals surface area contributed by atoms with E-state index in [0.717, 1.165) is 5.69 Å². The molecular weight excluding hydrogens is 234 g/mol. The van der Waals surface area contributed by atoms with Gasteiger partial charge in [0, 0.05) is 13.6 Å². The Kier molecular flexibility index (Phi) is 3.31. The average Bonchev–Trinajstić information content (AvgIpc) is 2.79. The fraction of sp³-hybridized carbons (Fsp3) is 0.364. The monoisotopic (exact) mass is 249 g/mol. The van der Waals surface area contributed by atoms with Gasteiger partial charge in [0.25, 0.3) is 0 Å². The number of nitrogens with zero attached hydrogens (tertiary/aromatic N) is 3. The average molecular weight is 249 g/mol. The van der Waals surface area contributed by atoms with Crippen molar-refractivity contribution in [3.05, 3.63) is 12.1 Å². The van der Waals surface area contributed by atoms with E-state index in [1.54, 1.807) is 24.1 Å². The molecule has 0 saturated carbocycles. The molecule has 0 radical (unpaired) electrons. The second-order valence-electron chi connectivity index (χ2n) is 3.94. The lowest BCUT2D eigenvalue weighted by Gasteiger charge is -2.18. The van der Waals surface area contributed by atoms with E-state index >= 15 is 0 Å². The summed E-state index contributed by atoms with van der Waals surface area (Å²) in [4.78, 5) is 13.3. The van der Waals surface area contributed by atoms with Crippen LogP contribution in [0.25, 0.3) is 11.0 Å². The molecule has 0 aliphatic rings. The van der Waals surface area contributed by atoms with Crippen LogP contribution in [0.4, 0.5) is 11.4 Å². The highest BCUT2D eigenvalue weighted by atomic mass is 16.6. The molecule has 0 spiro atoms. The first-order valence-electron chi connectivity index (χ1n) is 5.62. The number of hydrogen-bond donors (Lipinski definition) is 2. The maximum Gasteiger partial charge on any atom is 0.239 e. The fourth-order valence-electron chi connectivity index (χ4n) is 1.73. The zero-order valence-corrected chi connectivity index (χ0v) is 10.3. The van der Waals surface area contributed by atoms with Crippen LogP contribution in [0, 0.1) is 0 Å². The van der Waals surface area contributed by atoms with Crippen LogP contribution in [-0.4, -0.2) is 36.4 Å². The molecule has 0 unspecified atom stereocenters. The van der Waals surface area contributed by atoms with Gasteiger partial charge in [-0.25, -0.2) is 4.63 Å². The van der Waals surface area contributed by atoms with Gasteiger partial charge in [0.05, 0.1) is 17.9 Å². The van der Waals surface area contributed by atoms with Gasteiger partial charge in [0.15, 0.2) is 11.0 Å². The SMILES string of the molecule is CCNC(=O)CN(C)c1ccc(N)c2nonc12. The lowest BCUT2D eigenvalue weighted by atomic mass is 10.2. The number of carbonyl (C=O) groups is 1. The second-order valence-corrected chi connectivity index (χ2v) is 3.94. The summed E-state index contributed by atoms with van der Waals surface area (Å²) in [5.74, 6) is -0.0542.